The Kier molecular flexibility index (Phi) is 4.49. The lowest BCUT2D eigenvalue weighted by Gasteiger charge is -2.20. The third-order valence-corrected chi connectivity index (χ3v) is 2.36. The highest BCUT2D eigenvalue weighted by Gasteiger charge is 2.18. The standard InChI is InChI=1S/C12H15N3O/c1-15(9-5-8-13)12(16)11(14)10-6-3-2-4-7-10/h2-4,6-7,11H,5,9,14H2,1H3/t11-/m0/s1. The van der Waals surface area contributed by atoms with Gasteiger partial charge in [-0.1, -0.05) is 30.3 Å². The summed E-state index contributed by atoms with van der Waals surface area (Å²) >= 11 is 0. The van der Waals surface area contributed by atoms with Crippen molar-refractivity contribution in [2.24, 2.45) is 5.73 Å². The molecular weight excluding hydrogens is 202 g/mol. The normalized spacial score (nSPS) is 11.6. The Morgan fingerprint density at radius 3 is 2.69 bits per heavy atom. The zero-order valence-electron chi connectivity index (χ0n) is 9.26. The topological polar surface area (TPSA) is 70.1 Å². The van der Waals surface area contributed by atoms with Crippen molar-refractivity contribution >= 4 is 5.91 Å². The van der Waals surface area contributed by atoms with Crippen molar-refractivity contribution in [2.75, 3.05) is 13.6 Å². The number of likely N-dealkylation sites (N-methyl/N-ethyl adjacent to an activating group) is 1. The van der Waals surface area contributed by atoms with Gasteiger partial charge in [-0.15, -0.1) is 0 Å². The number of hydrogen-bond acceptors (Lipinski definition) is 3. The summed E-state index contributed by atoms with van der Waals surface area (Å²) in [5.41, 5.74) is 6.63. The first-order chi connectivity index (χ1) is 7.66. The summed E-state index contributed by atoms with van der Waals surface area (Å²) < 4.78 is 0. The molecule has 0 aliphatic rings. The van der Waals surface area contributed by atoms with Crippen LogP contribution in [0.4, 0.5) is 0 Å². The number of nitriles is 1. The highest BCUT2D eigenvalue weighted by Crippen LogP contribution is 2.11. The van der Waals surface area contributed by atoms with E-state index in [1.807, 2.05) is 36.4 Å². The van der Waals surface area contributed by atoms with Gasteiger partial charge in [0.15, 0.2) is 0 Å². The second-order valence-corrected chi connectivity index (χ2v) is 3.56. The highest BCUT2D eigenvalue weighted by molar-refractivity contribution is 5.82. The average Bonchev–Trinajstić information content (AvgIpc) is 2.35. The second kappa shape index (κ2) is 5.89. The SMILES string of the molecule is CN(CCC#N)C(=O)[C@@H](N)c1ccccc1. The van der Waals surface area contributed by atoms with Crippen LogP contribution >= 0.6 is 0 Å². The molecule has 16 heavy (non-hydrogen) atoms. The minimum absolute atomic E-state index is 0.165. The number of carbonyl (C=O) groups excluding carboxylic acids is 1. The maximum absolute atomic E-state index is 11.8. The third-order valence-electron chi connectivity index (χ3n) is 2.36. The second-order valence-electron chi connectivity index (χ2n) is 3.56. The molecule has 1 amide bonds. The number of carbonyl (C=O) groups is 1. The van der Waals surface area contributed by atoms with Crippen molar-refractivity contribution in [2.45, 2.75) is 12.5 Å². The van der Waals surface area contributed by atoms with Crippen LogP contribution in [0.2, 0.25) is 0 Å². The Hall–Kier alpha value is -1.86. The fraction of sp³-hybridized carbons (Fsp3) is 0.333. The van der Waals surface area contributed by atoms with Crippen LogP contribution in [0.1, 0.15) is 18.0 Å². The van der Waals surface area contributed by atoms with Crippen molar-refractivity contribution in [3.8, 4) is 6.07 Å². The van der Waals surface area contributed by atoms with E-state index in [9.17, 15) is 4.79 Å². The van der Waals surface area contributed by atoms with Gasteiger partial charge in [-0.25, -0.2) is 0 Å². The van der Waals surface area contributed by atoms with Crippen LogP contribution < -0.4 is 5.73 Å². The minimum Gasteiger partial charge on any atom is -0.343 e. The Morgan fingerprint density at radius 1 is 1.50 bits per heavy atom. The van der Waals surface area contributed by atoms with E-state index in [1.165, 1.54) is 4.90 Å². The summed E-state index contributed by atoms with van der Waals surface area (Å²) in [4.78, 5) is 13.3. The predicted molar refractivity (Wildman–Crippen MR) is 61.2 cm³/mol. The maximum atomic E-state index is 11.8. The van der Waals surface area contributed by atoms with Crippen LogP contribution in [0.15, 0.2) is 30.3 Å². The van der Waals surface area contributed by atoms with Gasteiger partial charge in [-0.05, 0) is 5.56 Å². The van der Waals surface area contributed by atoms with Crippen molar-refractivity contribution in [3.63, 3.8) is 0 Å². The summed E-state index contributed by atoms with van der Waals surface area (Å²) in [6, 6.07) is 10.6. The highest BCUT2D eigenvalue weighted by atomic mass is 16.2. The molecule has 0 heterocycles. The zero-order chi connectivity index (χ0) is 12.0. The van der Waals surface area contributed by atoms with E-state index in [2.05, 4.69) is 0 Å². The van der Waals surface area contributed by atoms with Gasteiger partial charge in [0.25, 0.3) is 0 Å². The molecule has 84 valence electrons. The first-order valence-electron chi connectivity index (χ1n) is 5.09. The number of benzene rings is 1. The van der Waals surface area contributed by atoms with Crippen molar-refractivity contribution in [3.05, 3.63) is 35.9 Å². The fourth-order valence-electron chi connectivity index (χ4n) is 1.37. The van der Waals surface area contributed by atoms with Crippen LogP contribution in [0.5, 0.6) is 0 Å². The van der Waals surface area contributed by atoms with E-state index in [1.54, 1.807) is 7.05 Å². The van der Waals surface area contributed by atoms with Crippen molar-refractivity contribution < 1.29 is 4.79 Å². The summed E-state index contributed by atoms with van der Waals surface area (Å²) in [5.74, 6) is -0.165. The smallest absolute Gasteiger partial charge is 0.243 e. The molecule has 0 aliphatic carbocycles. The van der Waals surface area contributed by atoms with E-state index < -0.39 is 6.04 Å². The molecule has 0 fully saturated rings. The van der Waals surface area contributed by atoms with Gasteiger partial charge < -0.3 is 10.6 Å². The molecule has 0 spiro atoms. The van der Waals surface area contributed by atoms with E-state index in [0.717, 1.165) is 5.56 Å². The van der Waals surface area contributed by atoms with Crippen molar-refractivity contribution in [1.29, 1.82) is 5.26 Å². The molecule has 1 atom stereocenters. The Bertz CT molecular complexity index is 383. The summed E-state index contributed by atoms with van der Waals surface area (Å²) in [5, 5.41) is 8.43. The molecule has 0 unspecified atom stereocenters. The molecule has 0 bridgehead atoms. The third kappa shape index (κ3) is 3.07. The maximum Gasteiger partial charge on any atom is 0.243 e. The fourth-order valence-corrected chi connectivity index (χ4v) is 1.37. The van der Waals surface area contributed by atoms with Gasteiger partial charge >= 0.3 is 0 Å². The average molecular weight is 217 g/mol. The van der Waals surface area contributed by atoms with Crippen LogP contribution in [-0.4, -0.2) is 24.4 Å². The predicted octanol–water partition coefficient (Wildman–Crippen LogP) is 1.06. The van der Waals surface area contributed by atoms with Gasteiger partial charge in [-0.2, -0.15) is 5.26 Å². The van der Waals surface area contributed by atoms with Gasteiger partial charge in [-0.3, -0.25) is 4.79 Å². The summed E-state index contributed by atoms with van der Waals surface area (Å²) in [6.07, 6.45) is 0.323. The van der Waals surface area contributed by atoms with Gasteiger partial charge in [0, 0.05) is 13.6 Å². The molecule has 2 N–H and O–H groups in total. The van der Waals surface area contributed by atoms with Gasteiger partial charge in [0.05, 0.1) is 12.5 Å². The Morgan fingerprint density at radius 2 is 2.12 bits per heavy atom. The Labute approximate surface area is 95.3 Å². The molecular formula is C12H15N3O. The molecule has 1 rings (SSSR count). The lowest BCUT2D eigenvalue weighted by atomic mass is 10.1. The summed E-state index contributed by atoms with van der Waals surface area (Å²) in [6.45, 7) is 0.413. The van der Waals surface area contributed by atoms with Crippen LogP contribution in [0.25, 0.3) is 0 Å². The van der Waals surface area contributed by atoms with Gasteiger partial charge in [0.1, 0.15) is 6.04 Å². The Balaban J connectivity index is 2.64. The first kappa shape index (κ1) is 12.2. The number of amides is 1. The molecule has 4 nitrogen and oxygen atoms in total. The lowest BCUT2D eigenvalue weighted by molar-refractivity contribution is -0.131. The molecule has 1 aromatic rings. The van der Waals surface area contributed by atoms with Crippen LogP contribution in [0.3, 0.4) is 0 Å². The number of nitrogens with two attached hydrogens (primary N) is 1. The summed E-state index contributed by atoms with van der Waals surface area (Å²) in [7, 11) is 1.66. The first-order valence-corrected chi connectivity index (χ1v) is 5.09. The monoisotopic (exact) mass is 217 g/mol. The zero-order valence-corrected chi connectivity index (χ0v) is 9.26. The molecule has 4 heteroatoms. The van der Waals surface area contributed by atoms with Crippen LogP contribution in [-0.2, 0) is 4.79 Å². The molecule has 0 radical (unpaired) electrons. The number of hydrogen-bond donors (Lipinski definition) is 1. The van der Waals surface area contributed by atoms with Crippen molar-refractivity contribution in [1.82, 2.24) is 4.90 Å². The van der Waals surface area contributed by atoms with E-state index in [4.69, 9.17) is 11.0 Å². The quantitative estimate of drug-likeness (QED) is 0.819. The van der Waals surface area contributed by atoms with Crippen LogP contribution in [0, 0.1) is 11.3 Å². The van der Waals surface area contributed by atoms with E-state index in [-0.39, 0.29) is 5.91 Å². The lowest BCUT2D eigenvalue weighted by Crippen LogP contribution is -2.36. The van der Waals surface area contributed by atoms with E-state index in [0.29, 0.717) is 13.0 Å². The van der Waals surface area contributed by atoms with E-state index >= 15 is 0 Å². The molecule has 0 saturated heterocycles. The molecule has 0 aromatic heterocycles. The van der Waals surface area contributed by atoms with Gasteiger partial charge in [0.2, 0.25) is 5.91 Å². The number of rotatable bonds is 4. The molecule has 1 aromatic carbocycles. The molecule has 0 saturated carbocycles. The largest absolute Gasteiger partial charge is 0.343 e. The number of nitrogens with zero attached hydrogens (tertiary/aromatic N) is 2. The minimum atomic E-state index is -0.648. The molecule has 0 aliphatic heterocycles.